The Hall–Kier alpha value is -1.53. The van der Waals surface area contributed by atoms with Gasteiger partial charge in [-0.2, -0.15) is 0 Å². The van der Waals surface area contributed by atoms with Crippen molar-refractivity contribution in [3.8, 4) is 0 Å². The van der Waals surface area contributed by atoms with Crippen molar-refractivity contribution in [2.45, 2.75) is 65.4 Å². The van der Waals surface area contributed by atoms with E-state index in [1.165, 1.54) is 32.2 Å². The molecule has 6 nitrogen and oxygen atoms in total. The van der Waals surface area contributed by atoms with Crippen LogP contribution in [0.2, 0.25) is 0 Å². The molecular weight excluding hydrogens is 340 g/mol. The Morgan fingerprint density at radius 3 is 2.41 bits per heavy atom. The molecule has 0 amide bonds. The molecule has 1 atom stereocenters. The van der Waals surface area contributed by atoms with Crippen molar-refractivity contribution in [3.63, 3.8) is 0 Å². The molecule has 0 aliphatic carbocycles. The van der Waals surface area contributed by atoms with Gasteiger partial charge in [0.2, 0.25) is 0 Å². The van der Waals surface area contributed by atoms with E-state index < -0.39 is 5.60 Å². The summed E-state index contributed by atoms with van der Waals surface area (Å²) in [5.41, 5.74) is -0.242. The molecule has 0 aromatic carbocycles. The number of guanidine groups is 1. The zero-order valence-electron chi connectivity index (χ0n) is 18.2. The van der Waals surface area contributed by atoms with E-state index in [1.54, 1.807) is 6.92 Å². The predicted octanol–water partition coefficient (Wildman–Crippen LogP) is 3.17. The highest BCUT2D eigenvalue weighted by atomic mass is 16.3. The second-order valence-electron chi connectivity index (χ2n) is 7.79. The first-order valence-corrected chi connectivity index (χ1v) is 10.2. The Balaban J connectivity index is 2.40. The van der Waals surface area contributed by atoms with Gasteiger partial charge in [-0.1, -0.05) is 19.3 Å². The lowest BCUT2D eigenvalue weighted by atomic mass is 9.96. The summed E-state index contributed by atoms with van der Waals surface area (Å²) in [4.78, 5) is 6.81. The van der Waals surface area contributed by atoms with E-state index in [2.05, 4.69) is 34.6 Å². The lowest BCUT2D eigenvalue weighted by Gasteiger charge is -2.21. The maximum atomic E-state index is 10.8. The lowest BCUT2D eigenvalue weighted by Crippen LogP contribution is -2.39. The fraction of sp³-hybridized carbons (Fsp3) is 0.762. The lowest BCUT2D eigenvalue weighted by molar-refractivity contribution is 0.0657. The number of rotatable bonds is 12. The summed E-state index contributed by atoms with van der Waals surface area (Å²) in [6.45, 7) is 10.7. The Morgan fingerprint density at radius 2 is 1.81 bits per heavy atom. The summed E-state index contributed by atoms with van der Waals surface area (Å²) in [5.74, 6) is 2.31. The van der Waals surface area contributed by atoms with E-state index in [1.807, 2.05) is 26.8 Å². The van der Waals surface area contributed by atoms with Crippen LogP contribution in [0.3, 0.4) is 0 Å². The highest BCUT2D eigenvalue weighted by Crippen LogP contribution is 2.27. The fourth-order valence-electron chi connectivity index (χ4n) is 3.12. The fourth-order valence-corrected chi connectivity index (χ4v) is 3.12. The maximum absolute atomic E-state index is 10.8. The van der Waals surface area contributed by atoms with Gasteiger partial charge in [0.15, 0.2) is 5.96 Å². The number of furan rings is 1. The molecule has 0 saturated carbocycles. The Kier molecular flexibility index (Phi) is 10.5. The molecule has 0 aliphatic rings. The van der Waals surface area contributed by atoms with Crippen molar-refractivity contribution in [1.82, 2.24) is 15.5 Å². The third kappa shape index (κ3) is 9.29. The van der Waals surface area contributed by atoms with Crippen molar-refractivity contribution in [2.24, 2.45) is 4.99 Å². The van der Waals surface area contributed by atoms with Gasteiger partial charge in [-0.05, 0) is 67.2 Å². The van der Waals surface area contributed by atoms with Crippen LogP contribution in [0.25, 0.3) is 0 Å². The molecule has 0 spiro atoms. The van der Waals surface area contributed by atoms with Crippen molar-refractivity contribution in [3.05, 3.63) is 23.2 Å². The Bertz CT molecular complexity index is 565. The summed E-state index contributed by atoms with van der Waals surface area (Å²) in [6.07, 6.45) is 6.19. The molecule has 0 aliphatic heterocycles. The average Bonchev–Trinajstić information content (AvgIpc) is 2.94. The molecule has 3 N–H and O–H groups in total. The van der Waals surface area contributed by atoms with Gasteiger partial charge in [-0.3, -0.25) is 0 Å². The van der Waals surface area contributed by atoms with Gasteiger partial charge in [0.25, 0.3) is 0 Å². The van der Waals surface area contributed by atoms with E-state index in [0.717, 1.165) is 42.6 Å². The topological polar surface area (TPSA) is 73.0 Å². The van der Waals surface area contributed by atoms with Crippen LogP contribution in [-0.2, 0) is 5.60 Å². The van der Waals surface area contributed by atoms with Crippen molar-refractivity contribution < 1.29 is 9.52 Å². The standard InChI is InChI=1S/C21H40N4O2/c1-7-22-20(23-13-11-9-8-10-12-14-25(5)6)24-16-21(4,26)19-15-17(2)27-18(19)3/h15,26H,7-14,16H2,1-6H3,(H2,22,23,24). The average molecular weight is 381 g/mol. The molecule has 1 aromatic rings. The summed E-state index contributed by atoms with van der Waals surface area (Å²) in [6, 6.07) is 1.89. The summed E-state index contributed by atoms with van der Waals surface area (Å²) in [7, 11) is 4.25. The number of hydrogen-bond donors (Lipinski definition) is 3. The number of aliphatic hydroxyl groups is 1. The molecule has 156 valence electrons. The monoisotopic (exact) mass is 380 g/mol. The minimum absolute atomic E-state index is 0.284. The smallest absolute Gasteiger partial charge is 0.191 e. The SMILES string of the molecule is CCNC(=NCC(C)(O)c1cc(C)oc1C)NCCCCCCCN(C)C. The molecule has 0 radical (unpaired) electrons. The molecule has 6 heteroatoms. The third-order valence-electron chi connectivity index (χ3n) is 4.59. The van der Waals surface area contributed by atoms with Gasteiger partial charge >= 0.3 is 0 Å². The second kappa shape index (κ2) is 12.0. The largest absolute Gasteiger partial charge is 0.466 e. The Labute approximate surface area is 165 Å². The molecule has 0 bridgehead atoms. The quantitative estimate of drug-likeness (QED) is 0.295. The first kappa shape index (κ1) is 23.5. The summed E-state index contributed by atoms with van der Waals surface area (Å²) < 4.78 is 5.55. The molecule has 0 saturated heterocycles. The highest BCUT2D eigenvalue weighted by Gasteiger charge is 2.27. The van der Waals surface area contributed by atoms with Crippen LogP contribution in [0, 0.1) is 13.8 Å². The van der Waals surface area contributed by atoms with E-state index in [0.29, 0.717) is 0 Å². The van der Waals surface area contributed by atoms with Crippen LogP contribution in [-0.4, -0.2) is 56.2 Å². The zero-order chi connectivity index (χ0) is 20.3. The maximum Gasteiger partial charge on any atom is 0.191 e. The van der Waals surface area contributed by atoms with Gasteiger partial charge in [-0.25, -0.2) is 4.99 Å². The molecular formula is C21H40N4O2. The summed E-state index contributed by atoms with van der Waals surface area (Å²) in [5, 5.41) is 17.4. The van der Waals surface area contributed by atoms with Crippen LogP contribution >= 0.6 is 0 Å². The summed E-state index contributed by atoms with van der Waals surface area (Å²) >= 11 is 0. The van der Waals surface area contributed by atoms with Crippen LogP contribution in [0.4, 0.5) is 0 Å². The molecule has 1 heterocycles. The van der Waals surface area contributed by atoms with Crippen molar-refractivity contribution >= 4 is 5.96 Å². The van der Waals surface area contributed by atoms with Gasteiger partial charge in [0.1, 0.15) is 17.1 Å². The Morgan fingerprint density at radius 1 is 1.15 bits per heavy atom. The molecule has 0 fully saturated rings. The normalized spacial score (nSPS) is 14.4. The van der Waals surface area contributed by atoms with Gasteiger partial charge in [0.05, 0.1) is 6.54 Å². The number of aryl methyl sites for hydroxylation is 2. The van der Waals surface area contributed by atoms with Crippen LogP contribution in [0.1, 0.15) is 63.0 Å². The van der Waals surface area contributed by atoms with Crippen LogP contribution < -0.4 is 10.6 Å². The minimum Gasteiger partial charge on any atom is -0.466 e. The number of nitrogens with zero attached hydrogens (tertiary/aromatic N) is 2. The third-order valence-corrected chi connectivity index (χ3v) is 4.59. The van der Waals surface area contributed by atoms with Crippen molar-refractivity contribution in [1.29, 1.82) is 0 Å². The van der Waals surface area contributed by atoms with E-state index in [-0.39, 0.29) is 6.54 Å². The molecule has 1 aromatic heterocycles. The van der Waals surface area contributed by atoms with Crippen LogP contribution in [0.5, 0.6) is 0 Å². The number of hydrogen-bond acceptors (Lipinski definition) is 4. The zero-order valence-corrected chi connectivity index (χ0v) is 18.2. The minimum atomic E-state index is -1.05. The number of unbranched alkanes of at least 4 members (excludes halogenated alkanes) is 4. The second-order valence-corrected chi connectivity index (χ2v) is 7.79. The van der Waals surface area contributed by atoms with Crippen molar-refractivity contribution in [2.75, 3.05) is 40.3 Å². The first-order chi connectivity index (χ1) is 12.8. The van der Waals surface area contributed by atoms with E-state index in [4.69, 9.17) is 4.42 Å². The highest BCUT2D eigenvalue weighted by molar-refractivity contribution is 5.79. The predicted molar refractivity (Wildman–Crippen MR) is 113 cm³/mol. The molecule has 1 unspecified atom stereocenters. The number of nitrogens with one attached hydrogen (secondary N) is 2. The van der Waals surface area contributed by atoms with Crippen LogP contribution in [0.15, 0.2) is 15.5 Å². The van der Waals surface area contributed by atoms with Gasteiger partial charge in [0, 0.05) is 18.7 Å². The van der Waals surface area contributed by atoms with Gasteiger partial charge in [-0.15, -0.1) is 0 Å². The first-order valence-electron chi connectivity index (χ1n) is 10.2. The molecule has 27 heavy (non-hydrogen) atoms. The van der Waals surface area contributed by atoms with E-state index >= 15 is 0 Å². The van der Waals surface area contributed by atoms with E-state index in [9.17, 15) is 5.11 Å². The van der Waals surface area contributed by atoms with Gasteiger partial charge < -0.3 is 25.1 Å². The molecule has 1 rings (SSSR count). The number of aliphatic imine (C=N–C) groups is 1.